The normalized spacial score (nSPS) is 10.7. The Kier molecular flexibility index (Phi) is 2.73. The fraction of sp³-hybridized carbons (Fsp3) is 0.133. The van der Waals surface area contributed by atoms with Gasteiger partial charge in [0.1, 0.15) is 11.4 Å². The third-order valence-electron chi connectivity index (χ3n) is 3.03. The molecule has 0 N–H and O–H groups in total. The largest absolute Gasteiger partial charge is 0.497 e. The molecule has 0 unspecified atom stereocenters. The summed E-state index contributed by atoms with van der Waals surface area (Å²) in [7, 11) is 1.68. The number of fused-ring (bicyclic) bond motifs is 1. The zero-order chi connectivity index (χ0) is 12.4. The van der Waals surface area contributed by atoms with Crippen LogP contribution in [-0.2, 0) is 6.54 Å². The van der Waals surface area contributed by atoms with Crippen molar-refractivity contribution in [2.24, 2.45) is 0 Å². The predicted octanol–water partition coefficient (Wildman–Crippen LogP) is 3.09. The average molecular weight is 238 g/mol. The molecule has 0 aliphatic heterocycles. The highest BCUT2D eigenvalue weighted by Crippen LogP contribution is 2.16. The highest BCUT2D eigenvalue weighted by Gasteiger charge is 2.02. The van der Waals surface area contributed by atoms with Gasteiger partial charge in [-0.2, -0.15) is 0 Å². The SMILES string of the molecule is COc1ccc(Cn2ccc3cccnc32)cc1. The van der Waals surface area contributed by atoms with Gasteiger partial charge < -0.3 is 9.30 Å². The Hall–Kier alpha value is -2.29. The van der Waals surface area contributed by atoms with Crippen molar-refractivity contribution in [3.63, 3.8) is 0 Å². The molecule has 1 aromatic carbocycles. The molecule has 3 nitrogen and oxygen atoms in total. The second-order valence-corrected chi connectivity index (χ2v) is 4.21. The molecule has 0 bridgehead atoms. The van der Waals surface area contributed by atoms with Gasteiger partial charge in [-0.15, -0.1) is 0 Å². The second kappa shape index (κ2) is 4.53. The van der Waals surface area contributed by atoms with E-state index in [1.165, 1.54) is 10.9 Å². The molecule has 2 aromatic heterocycles. The molecule has 3 rings (SSSR count). The van der Waals surface area contributed by atoms with Gasteiger partial charge in [-0.05, 0) is 35.9 Å². The van der Waals surface area contributed by atoms with Crippen LogP contribution < -0.4 is 4.74 Å². The quantitative estimate of drug-likeness (QED) is 0.701. The summed E-state index contributed by atoms with van der Waals surface area (Å²) in [6, 6.07) is 14.2. The number of methoxy groups -OCH3 is 1. The van der Waals surface area contributed by atoms with E-state index < -0.39 is 0 Å². The van der Waals surface area contributed by atoms with Gasteiger partial charge in [-0.3, -0.25) is 0 Å². The molecule has 0 radical (unpaired) electrons. The van der Waals surface area contributed by atoms with Gasteiger partial charge in [0.25, 0.3) is 0 Å². The van der Waals surface area contributed by atoms with Crippen LogP contribution in [0.2, 0.25) is 0 Å². The Morgan fingerprint density at radius 2 is 1.94 bits per heavy atom. The molecule has 0 amide bonds. The molecule has 2 heterocycles. The molecular formula is C15H14N2O. The molecule has 0 aliphatic carbocycles. The minimum Gasteiger partial charge on any atom is -0.497 e. The van der Waals surface area contributed by atoms with Crippen molar-refractivity contribution in [3.8, 4) is 5.75 Å². The highest BCUT2D eigenvalue weighted by molar-refractivity contribution is 5.75. The van der Waals surface area contributed by atoms with Gasteiger partial charge in [-0.25, -0.2) is 4.98 Å². The summed E-state index contributed by atoms with van der Waals surface area (Å²) in [5, 5.41) is 1.17. The second-order valence-electron chi connectivity index (χ2n) is 4.21. The monoisotopic (exact) mass is 238 g/mol. The Labute approximate surface area is 106 Å². The molecule has 18 heavy (non-hydrogen) atoms. The molecule has 3 aromatic rings. The standard InChI is InChI=1S/C15H14N2O/c1-18-14-6-4-12(5-7-14)11-17-10-8-13-3-2-9-16-15(13)17/h2-10H,11H2,1H3. The topological polar surface area (TPSA) is 27.1 Å². The van der Waals surface area contributed by atoms with Crippen molar-refractivity contribution in [2.75, 3.05) is 7.11 Å². The summed E-state index contributed by atoms with van der Waals surface area (Å²) in [6.07, 6.45) is 3.90. The third-order valence-corrected chi connectivity index (χ3v) is 3.03. The number of nitrogens with zero attached hydrogens (tertiary/aromatic N) is 2. The number of ether oxygens (including phenoxy) is 1. The lowest BCUT2D eigenvalue weighted by Crippen LogP contribution is -1.98. The Bertz CT molecular complexity index is 656. The van der Waals surface area contributed by atoms with Gasteiger partial charge in [0.2, 0.25) is 0 Å². The van der Waals surface area contributed by atoms with Gasteiger partial charge in [0, 0.05) is 24.3 Å². The molecule has 0 saturated heterocycles. The molecule has 0 fully saturated rings. The highest BCUT2D eigenvalue weighted by atomic mass is 16.5. The van der Waals surface area contributed by atoms with Gasteiger partial charge in [-0.1, -0.05) is 12.1 Å². The summed E-state index contributed by atoms with van der Waals surface area (Å²) >= 11 is 0. The fourth-order valence-corrected chi connectivity index (χ4v) is 2.08. The van der Waals surface area contributed by atoms with Crippen molar-refractivity contribution < 1.29 is 4.74 Å². The van der Waals surface area contributed by atoms with Gasteiger partial charge in [0.05, 0.1) is 7.11 Å². The van der Waals surface area contributed by atoms with Crippen molar-refractivity contribution in [1.82, 2.24) is 9.55 Å². The van der Waals surface area contributed by atoms with Crippen LogP contribution in [0.4, 0.5) is 0 Å². The minimum absolute atomic E-state index is 0.824. The fourth-order valence-electron chi connectivity index (χ4n) is 2.08. The van der Waals surface area contributed by atoms with E-state index in [1.807, 2.05) is 24.4 Å². The van der Waals surface area contributed by atoms with E-state index in [-0.39, 0.29) is 0 Å². The van der Waals surface area contributed by atoms with Crippen LogP contribution in [-0.4, -0.2) is 16.7 Å². The van der Waals surface area contributed by atoms with Crippen LogP contribution in [0.5, 0.6) is 5.75 Å². The van der Waals surface area contributed by atoms with Crippen LogP contribution in [0.1, 0.15) is 5.56 Å². The van der Waals surface area contributed by atoms with Crippen LogP contribution in [0.25, 0.3) is 11.0 Å². The zero-order valence-electron chi connectivity index (χ0n) is 10.2. The van der Waals surface area contributed by atoms with Crippen LogP contribution in [0, 0.1) is 0 Å². The van der Waals surface area contributed by atoms with Crippen molar-refractivity contribution in [2.45, 2.75) is 6.54 Å². The minimum atomic E-state index is 0.824. The zero-order valence-corrected chi connectivity index (χ0v) is 10.2. The summed E-state index contributed by atoms with van der Waals surface area (Å²) in [4.78, 5) is 4.41. The number of rotatable bonds is 3. The summed E-state index contributed by atoms with van der Waals surface area (Å²) in [6.45, 7) is 0.824. The molecule has 0 saturated carbocycles. The maximum Gasteiger partial charge on any atom is 0.140 e. The molecule has 3 heteroatoms. The third kappa shape index (κ3) is 1.95. The predicted molar refractivity (Wildman–Crippen MR) is 71.8 cm³/mol. The van der Waals surface area contributed by atoms with E-state index in [9.17, 15) is 0 Å². The van der Waals surface area contributed by atoms with E-state index in [2.05, 4.69) is 40.0 Å². The number of pyridine rings is 1. The lowest BCUT2D eigenvalue weighted by atomic mass is 10.2. The summed E-state index contributed by atoms with van der Waals surface area (Å²) in [5.74, 6) is 0.884. The van der Waals surface area contributed by atoms with E-state index in [0.717, 1.165) is 17.9 Å². The first-order valence-electron chi connectivity index (χ1n) is 5.89. The first-order valence-corrected chi connectivity index (χ1v) is 5.89. The van der Waals surface area contributed by atoms with Gasteiger partial charge >= 0.3 is 0 Å². The Morgan fingerprint density at radius 3 is 2.72 bits per heavy atom. The molecular weight excluding hydrogens is 224 g/mol. The first-order chi connectivity index (χ1) is 8.86. The van der Waals surface area contributed by atoms with E-state index in [1.54, 1.807) is 7.11 Å². The van der Waals surface area contributed by atoms with Gasteiger partial charge in [0.15, 0.2) is 0 Å². The van der Waals surface area contributed by atoms with Crippen LogP contribution in [0.3, 0.4) is 0 Å². The lowest BCUT2D eigenvalue weighted by Gasteiger charge is -2.06. The Morgan fingerprint density at radius 1 is 1.11 bits per heavy atom. The number of hydrogen-bond acceptors (Lipinski definition) is 2. The van der Waals surface area contributed by atoms with E-state index in [0.29, 0.717) is 0 Å². The number of aromatic nitrogens is 2. The Balaban J connectivity index is 1.91. The van der Waals surface area contributed by atoms with Crippen molar-refractivity contribution >= 4 is 11.0 Å². The smallest absolute Gasteiger partial charge is 0.140 e. The van der Waals surface area contributed by atoms with E-state index >= 15 is 0 Å². The van der Waals surface area contributed by atoms with Crippen LogP contribution >= 0.6 is 0 Å². The van der Waals surface area contributed by atoms with Crippen LogP contribution in [0.15, 0.2) is 54.9 Å². The average Bonchev–Trinajstić information content (AvgIpc) is 2.83. The van der Waals surface area contributed by atoms with E-state index in [4.69, 9.17) is 4.74 Å². The molecule has 90 valence electrons. The maximum atomic E-state index is 5.16. The number of hydrogen-bond donors (Lipinski definition) is 0. The molecule has 0 atom stereocenters. The molecule has 0 spiro atoms. The molecule has 0 aliphatic rings. The first kappa shape index (κ1) is 10.8. The number of benzene rings is 1. The summed E-state index contributed by atoms with van der Waals surface area (Å²) < 4.78 is 7.31. The van der Waals surface area contributed by atoms with Crippen molar-refractivity contribution in [1.29, 1.82) is 0 Å². The lowest BCUT2D eigenvalue weighted by molar-refractivity contribution is 0.414. The maximum absolute atomic E-state index is 5.16. The summed E-state index contributed by atoms with van der Waals surface area (Å²) in [5.41, 5.74) is 2.26. The van der Waals surface area contributed by atoms with Crippen molar-refractivity contribution in [3.05, 3.63) is 60.4 Å².